The van der Waals surface area contributed by atoms with Crippen molar-refractivity contribution in [2.75, 3.05) is 0 Å². The molecule has 4 aliphatic carbocycles. The number of rotatable bonds is 0. The third-order valence-electron chi connectivity index (χ3n) is 5.60. The van der Waals surface area contributed by atoms with Gasteiger partial charge in [0.25, 0.3) is 0 Å². The van der Waals surface area contributed by atoms with Crippen LogP contribution in [0.15, 0.2) is 47.6 Å². The monoisotopic (exact) mass is 326 g/mol. The third kappa shape index (κ3) is 3.63. The van der Waals surface area contributed by atoms with E-state index in [1.807, 2.05) is 30.7 Å². The summed E-state index contributed by atoms with van der Waals surface area (Å²) in [7, 11) is 0. The van der Waals surface area contributed by atoms with Crippen molar-refractivity contribution in [3.8, 4) is 0 Å². The van der Waals surface area contributed by atoms with E-state index in [0.717, 1.165) is 5.92 Å². The molecule has 2 radical (unpaired) electrons. The van der Waals surface area contributed by atoms with Crippen LogP contribution in [0.1, 0.15) is 58.3 Å². The molecule has 116 valence electrons. The first kappa shape index (κ1) is 16.8. The van der Waals surface area contributed by atoms with Crippen molar-refractivity contribution in [1.29, 1.82) is 0 Å². The summed E-state index contributed by atoms with van der Waals surface area (Å²) < 4.78 is 0. The molecule has 0 N–H and O–H groups in total. The van der Waals surface area contributed by atoms with Crippen LogP contribution in [0.2, 0.25) is 0 Å². The zero-order chi connectivity index (χ0) is 13.8. The van der Waals surface area contributed by atoms with Crippen molar-refractivity contribution >= 4 is 0 Å². The first-order chi connectivity index (χ1) is 9.81. The number of hydrogen-bond acceptors (Lipinski definition) is 0. The summed E-state index contributed by atoms with van der Waals surface area (Å²) in [6, 6.07) is 0. The second-order valence-corrected chi connectivity index (χ2v) is 6.82. The molecule has 0 nitrogen and oxygen atoms in total. The van der Waals surface area contributed by atoms with E-state index in [1.54, 1.807) is 11.1 Å². The van der Waals surface area contributed by atoms with E-state index < -0.39 is 0 Å². The van der Waals surface area contributed by atoms with Gasteiger partial charge in [0, 0.05) is 23.2 Å². The van der Waals surface area contributed by atoms with Gasteiger partial charge in [-0.15, -0.1) is 0 Å². The Kier molecular flexibility index (Phi) is 6.13. The van der Waals surface area contributed by atoms with E-state index in [-0.39, 0.29) is 16.8 Å². The van der Waals surface area contributed by atoms with Crippen molar-refractivity contribution in [2.45, 2.75) is 58.3 Å². The molecule has 0 spiro atoms. The Hall–Kier alpha value is -0.534. The molecule has 4 aliphatic rings. The normalized spacial score (nSPS) is 32.7. The Morgan fingerprint density at radius 3 is 2.38 bits per heavy atom. The summed E-state index contributed by atoms with van der Waals surface area (Å²) in [5, 5.41) is 0. The molecular weight excluding hydrogens is 299 g/mol. The van der Waals surface area contributed by atoms with Gasteiger partial charge in [-0.1, -0.05) is 67.4 Å². The van der Waals surface area contributed by atoms with E-state index in [0.29, 0.717) is 5.41 Å². The molecule has 0 aromatic heterocycles. The minimum atomic E-state index is 0. The molecule has 0 aromatic carbocycles. The molecule has 21 heavy (non-hydrogen) atoms. The molecule has 2 saturated carbocycles. The zero-order valence-electron chi connectivity index (χ0n) is 13.1. The standard InChI is InChI=1S/C15H22.C5H5.Co/c1-15-11-5-4-7-13(15)10-9-12-6-2-3-8-14(12)15;1-2-4-5-3-1;/h9-10,14H,2-8,11H2,1H3;1-5H;/t14-,15+;;/m1../s1. The van der Waals surface area contributed by atoms with Crippen LogP contribution in [0, 0.1) is 17.8 Å². The van der Waals surface area contributed by atoms with Gasteiger partial charge in [0.2, 0.25) is 0 Å². The van der Waals surface area contributed by atoms with Crippen LogP contribution in [0.5, 0.6) is 0 Å². The van der Waals surface area contributed by atoms with Gasteiger partial charge in [0.1, 0.15) is 0 Å². The fraction of sp³-hybridized carbons (Fsp3) is 0.550. The van der Waals surface area contributed by atoms with E-state index in [4.69, 9.17) is 0 Å². The van der Waals surface area contributed by atoms with Crippen LogP contribution in [0.25, 0.3) is 0 Å². The first-order valence-electron chi connectivity index (χ1n) is 8.37. The van der Waals surface area contributed by atoms with Gasteiger partial charge in [-0.2, -0.15) is 0 Å². The second-order valence-electron chi connectivity index (χ2n) is 6.82. The predicted molar refractivity (Wildman–Crippen MR) is 87.3 cm³/mol. The Morgan fingerprint density at radius 2 is 1.67 bits per heavy atom. The molecular formula is C20H27Co. The number of fused-ring (bicyclic) bond motifs is 3. The molecule has 0 unspecified atom stereocenters. The van der Waals surface area contributed by atoms with Gasteiger partial charge in [0.05, 0.1) is 0 Å². The number of allylic oxidation sites excluding steroid dienone is 8. The van der Waals surface area contributed by atoms with Crippen molar-refractivity contribution in [1.82, 2.24) is 0 Å². The molecule has 2 atom stereocenters. The van der Waals surface area contributed by atoms with Crippen LogP contribution in [-0.4, -0.2) is 0 Å². The average Bonchev–Trinajstić information content (AvgIpc) is 3.06. The topological polar surface area (TPSA) is 0 Å². The molecule has 0 saturated heterocycles. The molecule has 1 heteroatoms. The van der Waals surface area contributed by atoms with Crippen molar-refractivity contribution in [3.05, 3.63) is 54.0 Å². The van der Waals surface area contributed by atoms with Gasteiger partial charge in [-0.25, -0.2) is 0 Å². The summed E-state index contributed by atoms with van der Waals surface area (Å²) >= 11 is 0. The summed E-state index contributed by atoms with van der Waals surface area (Å²) in [6.07, 6.45) is 26.4. The fourth-order valence-corrected chi connectivity index (χ4v) is 4.42. The van der Waals surface area contributed by atoms with Gasteiger partial charge < -0.3 is 0 Å². The van der Waals surface area contributed by atoms with Crippen LogP contribution < -0.4 is 0 Å². The second kappa shape index (κ2) is 7.65. The van der Waals surface area contributed by atoms with Crippen molar-refractivity contribution in [2.24, 2.45) is 11.3 Å². The van der Waals surface area contributed by atoms with Crippen LogP contribution in [-0.2, 0) is 16.8 Å². The van der Waals surface area contributed by atoms with Crippen LogP contribution in [0.4, 0.5) is 0 Å². The Labute approximate surface area is 140 Å². The van der Waals surface area contributed by atoms with E-state index in [2.05, 4.69) is 19.1 Å². The average molecular weight is 326 g/mol. The maximum absolute atomic E-state index is 2.54. The third-order valence-corrected chi connectivity index (χ3v) is 5.60. The van der Waals surface area contributed by atoms with Crippen LogP contribution >= 0.6 is 0 Å². The Morgan fingerprint density at radius 1 is 0.905 bits per heavy atom. The summed E-state index contributed by atoms with van der Waals surface area (Å²) in [4.78, 5) is 0. The molecule has 4 rings (SSSR count). The smallest absolute Gasteiger partial charge is 0.00506 e. The largest absolute Gasteiger partial charge is 0.0767 e. The fourth-order valence-electron chi connectivity index (χ4n) is 4.42. The van der Waals surface area contributed by atoms with Gasteiger partial charge >= 0.3 is 0 Å². The van der Waals surface area contributed by atoms with Crippen LogP contribution in [0.3, 0.4) is 0 Å². The summed E-state index contributed by atoms with van der Waals surface area (Å²) in [5.74, 6) is 0.909. The van der Waals surface area contributed by atoms with Gasteiger partial charge in [-0.3, -0.25) is 0 Å². The van der Waals surface area contributed by atoms with Gasteiger partial charge in [0.15, 0.2) is 0 Å². The molecule has 0 amide bonds. The molecule has 0 heterocycles. The van der Waals surface area contributed by atoms with Crippen molar-refractivity contribution in [3.63, 3.8) is 0 Å². The first-order valence-corrected chi connectivity index (χ1v) is 8.37. The predicted octanol–water partition coefficient (Wildman–Crippen LogP) is 5.94. The minimum absolute atomic E-state index is 0. The molecule has 0 aliphatic heterocycles. The number of hydrogen-bond donors (Lipinski definition) is 0. The quantitative estimate of drug-likeness (QED) is 0.517. The Balaban J connectivity index is 0.000000231. The molecule has 2 fully saturated rings. The summed E-state index contributed by atoms with van der Waals surface area (Å²) in [5.41, 5.74) is 4.10. The van der Waals surface area contributed by atoms with E-state index in [9.17, 15) is 0 Å². The van der Waals surface area contributed by atoms with E-state index >= 15 is 0 Å². The maximum atomic E-state index is 2.54. The van der Waals surface area contributed by atoms with E-state index in [1.165, 1.54) is 51.4 Å². The maximum Gasteiger partial charge on any atom is 0.00506 e. The minimum Gasteiger partial charge on any atom is -0.0767 e. The summed E-state index contributed by atoms with van der Waals surface area (Å²) in [6.45, 7) is 2.54. The zero-order valence-corrected chi connectivity index (χ0v) is 14.2. The van der Waals surface area contributed by atoms with Crippen molar-refractivity contribution < 1.29 is 16.8 Å². The Bertz CT molecular complexity index is 456. The molecule has 0 aromatic rings. The molecule has 0 bridgehead atoms. The SMILES string of the molecule is C[C@]12CCCCC1=CC=C1CCCC[C@H]12.[CH]1C=CC=C1.[Co]. The van der Waals surface area contributed by atoms with Gasteiger partial charge in [-0.05, 0) is 49.9 Å².